The number of thiophene rings is 1. The predicted molar refractivity (Wildman–Crippen MR) is 116 cm³/mol. The number of carbonyl (C=O) groups excluding carboxylic acids is 1. The molecular weight excluding hydrogens is 482 g/mol. The maximum Gasteiger partial charge on any atom is 0.416 e. The summed E-state index contributed by atoms with van der Waals surface area (Å²) in [6.45, 7) is 4.74. The molecule has 2 aromatic heterocycles. The quantitative estimate of drug-likeness (QED) is 0.440. The van der Waals surface area contributed by atoms with Gasteiger partial charge in [-0.05, 0) is 37.6 Å². The molecule has 0 aliphatic carbocycles. The lowest BCUT2D eigenvalue weighted by Gasteiger charge is -2.36. The highest BCUT2D eigenvalue weighted by Gasteiger charge is 2.38. The molecule has 5 nitrogen and oxygen atoms in total. The average molecular weight is 502 g/mol. The van der Waals surface area contributed by atoms with Crippen LogP contribution in [0.25, 0.3) is 10.2 Å². The predicted octanol–water partition coefficient (Wildman–Crippen LogP) is 5.56. The van der Waals surface area contributed by atoms with Crippen molar-refractivity contribution >= 4 is 33.3 Å². The molecule has 1 aliphatic heterocycles. The molecule has 1 saturated heterocycles. The number of hydrogen-bond acceptors (Lipinski definition) is 5. The summed E-state index contributed by atoms with van der Waals surface area (Å²) in [4.78, 5) is 27.1. The Hall–Kier alpha value is -2.89. The molecule has 0 N–H and O–H groups in total. The van der Waals surface area contributed by atoms with E-state index in [0.29, 0.717) is 36.9 Å². The molecule has 182 valence electrons. The molecule has 4 rings (SSSR count). The van der Waals surface area contributed by atoms with Crippen LogP contribution in [0.3, 0.4) is 0 Å². The number of hydrogen-bond donors (Lipinski definition) is 0. The Morgan fingerprint density at radius 3 is 2.06 bits per heavy atom. The Balaban J connectivity index is 1.57. The molecule has 1 aliphatic rings. The molecule has 0 saturated carbocycles. The van der Waals surface area contributed by atoms with Crippen molar-refractivity contribution in [1.82, 2.24) is 14.9 Å². The first-order valence-corrected chi connectivity index (χ1v) is 11.3. The number of piperazine rings is 1. The van der Waals surface area contributed by atoms with E-state index >= 15 is 0 Å². The summed E-state index contributed by atoms with van der Waals surface area (Å²) in [5, 5.41) is 0.889. The van der Waals surface area contributed by atoms with Crippen molar-refractivity contribution in [2.75, 3.05) is 31.1 Å². The average Bonchev–Trinajstić information content (AvgIpc) is 3.19. The van der Waals surface area contributed by atoms with E-state index in [4.69, 9.17) is 0 Å². The summed E-state index contributed by atoms with van der Waals surface area (Å²) in [7, 11) is 0. The van der Waals surface area contributed by atoms with Gasteiger partial charge in [-0.3, -0.25) is 4.79 Å². The van der Waals surface area contributed by atoms with Gasteiger partial charge in [0.15, 0.2) is 0 Å². The van der Waals surface area contributed by atoms with Crippen molar-refractivity contribution < 1.29 is 31.1 Å². The molecule has 1 fully saturated rings. The molecule has 1 amide bonds. The number of anilines is 1. The number of carbonyl (C=O) groups is 1. The Labute approximate surface area is 195 Å². The van der Waals surface area contributed by atoms with Crippen LogP contribution in [-0.2, 0) is 18.8 Å². The number of aromatic nitrogens is 2. The Bertz CT molecular complexity index is 1200. The molecule has 0 radical (unpaired) electrons. The van der Waals surface area contributed by atoms with E-state index < -0.39 is 35.0 Å². The smallest absolute Gasteiger partial charge is 0.352 e. The topological polar surface area (TPSA) is 49.3 Å². The summed E-state index contributed by atoms with van der Waals surface area (Å²) < 4.78 is 78.9. The zero-order valence-corrected chi connectivity index (χ0v) is 19.0. The number of aryl methyl sites for hydroxylation is 2. The fourth-order valence-electron chi connectivity index (χ4n) is 3.86. The number of nitrogens with zero attached hydrogens (tertiary/aromatic N) is 4. The van der Waals surface area contributed by atoms with Crippen LogP contribution in [0.1, 0.15) is 39.1 Å². The van der Waals surface area contributed by atoms with Crippen LogP contribution < -0.4 is 4.90 Å². The van der Waals surface area contributed by atoms with E-state index in [1.54, 1.807) is 18.3 Å². The number of benzene rings is 1. The van der Waals surface area contributed by atoms with Crippen LogP contribution in [0, 0.1) is 6.92 Å². The van der Waals surface area contributed by atoms with Gasteiger partial charge in [-0.2, -0.15) is 26.3 Å². The third-order valence-electron chi connectivity index (χ3n) is 5.58. The zero-order valence-electron chi connectivity index (χ0n) is 18.2. The van der Waals surface area contributed by atoms with Crippen molar-refractivity contribution in [3.63, 3.8) is 0 Å². The lowest BCUT2D eigenvalue weighted by atomic mass is 10.0. The highest BCUT2D eigenvalue weighted by atomic mass is 32.1. The minimum atomic E-state index is -5.01. The third kappa shape index (κ3) is 4.82. The number of rotatable bonds is 3. The molecule has 12 heteroatoms. The van der Waals surface area contributed by atoms with Crippen LogP contribution in [0.4, 0.5) is 32.2 Å². The van der Waals surface area contributed by atoms with Gasteiger partial charge in [0.25, 0.3) is 5.91 Å². The second kappa shape index (κ2) is 8.71. The van der Waals surface area contributed by atoms with Gasteiger partial charge in [-0.25, -0.2) is 9.97 Å². The van der Waals surface area contributed by atoms with Gasteiger partial charge in [0.2, 0.25) is 0 Å². The summed E-state index contributed by atoms with van der Waals surface area (Å²) in [6.07, 6.45) is -9.18. The van der Waals surface area contributed by atoms with E-state index in [0.717, 1.165) is 21.5 Å². The van der Waals surface area contributed by atoms with E-state index in [2.05, 4.69) is 9.97 Å². The normalized spacial score (nSPS) is 15.3. The Kier molecular flexibility index (Phi) is 6.21. The van der Waals surface area contributed by atoms with Crippen molar-refractivity contribution in [2.45, 2.75) is 32.6 Å². The van der Waals surface area contributed by atoms with E-state index in [1.165, 1.54) is 4.90 Å². The summed E-state index contributed by atoms with van der Waals surface area (Å²) in [5.74, 6) is 0.433. The molecule has 3 aromatic rings. The van der Waals surface area contributed by atoms with Crippen LogP contribution in [0.2, 0.25) is 0 Å². The molecule has 0 spiro atoms. The lowest BCUT2D eigenvalue weighted by Crippen LogP contribution is -2.49. The minimum Gasteiger partial charge on any atom is -0.352 e. The second-order valence-corrected chi connectivity index (χ2v) is 9.07. The molecule has 0 bridgehead atoms. The fraction of sp³-hybridized carbons (Fsp3) is 0.409. The van der Waals surface area contributed by atoms with Crippen molar-refractivity contribution in [3.8, 4) is 0 Å². The lowest BCUT2D eigenvalue weighted by molar-refractivity contribution is -0.143. The van der Waals surface area contributed by atoms with Crippen LogP contribution >= 0.6 is 11.3 Å². The maximum absolute atomic E-state index is 13.2. The van der Waals surface area contributed by atoms with Crippen LogP contribution in [0.5, 0.6) is 0 Å². The van der Waals surface area contributed by atoms with Crippen molar-refractivity contribution in [2.24, 2.45) is 0 Å². The first-order chi connectivity index (χ1) is 15.9. The second-order valence-electron chi connectivity index (χ2n) is 7.95. The standard InChI is InChI=1S/C22H20F6N4OS/c1-3-16-11-17-18(29-12(2)30-19(17)34-16)31-4-6-32(7-5-31)20(33)13-8-14(21(23,24)25)10-15(9-13)22(26,27)28/h8-11H,3-7H2,1-2H3. The molecule has 0 unspecified atom stereocenters. The Morgan fingerprint density at radius 1 is 0.941 bits per heavy atom. The number of fused-ring (bicyclic) bond motifs is 1. The van der Waals surface area contributed by atoms with Gasteiger partial charge in [0.05, 0.1) is 16.5 Å². The number of amides is 1. The number of alkyl halides is 6. The van der Waals surface area contributed by atoms with Gasteiger partial charge < -0.3 is 9.80 Å². The number of halogens is 6. The van der Waals surface area contributed by atoms with Gasteiger partial charge in [-0.1, -0.05) is 6.92 Å². The van der Waals surface area contributed by atoms with Crippen molar-refractivity contribution in [1.29, 1.82) is 0 Å². The van der Waals surface area contributed by atoms with Gasteiger partial charge >= 0.3 is 12.4 Å². The van der Waals surface area contributed by atoms with E-state index in [-0.39, 0.29) is 19.2 Å². The zero-order chi connectivity index (χ0) is 24.8. The molecule has 3 heterocycles. The van der Waals surface area contributed by atoms with Crippen LogP contribution in [-0.4, -0.2) is 47.0 Å². The van der Waals surface area contributed by atoms with Crippen molar-refractivity contribution in [3.05, 3.63) is 51.7 Å². The summed E-state index contributed by atoms with van der Waals surface area (Å²) >= 11 is 1.57. The largest absolute Gasteiger partial charge is 0.416 e. The van der Waals surface area contributed by atoms with Gasteiger partial charge in [0, 0.05) is 36.6 Å². The minimum absolute atomic E-state index is 0.0167. The van der Waals surface area contributed by atoms with Gasteiger partial charge in [-0.15, -0.1) is 11.3 Å². The third-order valence-corrected chi connectivity index (χ3v) is 6.76. The van der Waals surface area contributed by atoms with Crippen LogP contribution in [0.15, 0.2) is 24.3 Å². The highest BCUT2D eigenvalue weighted by molar-refractivity contribution is 7.18. The first-order valence-electron chi connectivity index (χ1n) is 10.5. The monoisotopic (exact) mass is 502 g/mol. The molecule has 0 atom stereocenters. The maximum atomic E-state index is 13.2. The van der Waals surface area contributed by atoms with E-state index in [1.807, 2.05) is 17.9 Å². The fourth-order valence-corrected chi connectivity index (χ4v) is 4.87. The summed E-state index contributed by atoms with van der Waals surface area (Å²) in [6, 6.07) is 2.98. The molecule has 34 heavy (non-hydrogen) atoms. The van der Waals surface area contributed by atoms with E-state index in [9.17, 15) is 31.1 Å². The SMILES string of the molecule is CCc1cc2c(N3CCN(C(=O)c4cc(C(F)(F)F)cc(C(F)(F)F)c4)CC3)nc(C)nc2s1. The Morgan fingerprint density at radius 2 is 1.53 bits per heavy atom. The first kappa shape index (κ1) is 24.2. The highest BCUT2D eigenvalue weighted by Crippen LogP contribution is 2.37. The molecule has 1 aromatic carbocycles. The molecular formula is C22H20F6N4OS. The van der Waals surface area contributed by atoms with Gasteiger partial charge in [0.1, 0.15) is 16.5 Å². The summed E-state index contributed by atoms with van der Waals surface area (Å²) in [5.41, 5.74) is -3.65.